The molecule has 27 heavy (non-hydrogen) atoms. The molecule has 0 saturated heterocycles. The van der Waals surface area contributed by atoms with Crippen molar-refractivity contribution < 1.29 is 22.8 Å². The normalized spacial score (nSPS) is 10.8. The van der Waals surface area contributed by atoms with Gasteiger partial charge in [0, 0.05) is 25.7 Å². The van der Waals surface area contributed by atoms with E-state index in [-0.39, 0.29) is 24.9 Å². The SMILES string of the molecule is CC(=O)N(CCNC(=O)c1ccc(F)c(F)c1F)c1ccccc1C(C)C. The average Bonchev–Trinajstić information content (AvgIpc) is 2.63. The number of halogens is 3. The van der Waals surface area contributed by atoms with Crippen molar-refractivity contribution in [3.8, 4) is 0 Å². The zero-order valence-electron chi connectivity index (χ0n) is 15.4. The third-order valence-corrected chi connectivity index (χ3v) is 4.13. The Labute approximate surface area is 156 Å². The predicted molar refractivity (Wildman–Crippen MR) is 97.2 cm³/mol. The first-order valence-electron chi connectivity index (χ1n) is 8.52. The van der Waals surface area contributed by atoms with Crippen LogP contribution in [0.1, 0.15) is 42.6 Å². The molecule has 4 nitrogen and oxygen atoms in total. The van der Waals surface area contributed by atoms with Gasteiger partial charge in [-0.2, -0.15) is 0 Å². The first-order valence-corrected chi connectivity index (χ1v) is 8.52. The van der Waals surface area contributed by atoms with Crippen LogP contribution in [-0.4, -0.2) is 24.9 Å². The smallest absolute Gasteiger partial charge is 0.254 e. The fourth-order valence-electron chi connectivity index (χ4n) is 2.75. The van der Waals surface area contributed by atoms with Crippen molar-refractivity contribution in [2.45, 2.75) is 26.7 Å². The minimum atomic E-state index is -1.70. The third kappa shape index (κ3) is 4.67. The second kappa shape index (κ2) is 8.70. The number of benzene rings is 2. The van der Waals surface area contributed by atoms with Crippen molar-refractivity contribution >= 4 is 17.5 Å². The van der Waals surface area contributed by atoms with Crippen LogP contribution in [0.4, 0.5) is 18.9 Å². The van der Waals surface area contributed by atoms with Crippen molar-refractivity contribution in [1.29, 1.82) is 0 Å². The van der Waals surface area contributed by atoms with E-state index >= 15 is 0 Å². The highest BCUT2D eigenvalue weighted by atomic mass is 19.2. The number of nitrogens with zero attached hydrogens (tertiary/aromatic N) is 1. The van der Waals surface area contributed by atoms with E-state index in [9.17, 15) is 22.8 Å². The van der Waals surface area contributed by atoms with Crippen molar-refractivity contribution in [2.24, 2.45) is 0 Å². The van der Waals surface area contributed by atoms with Gasteiger partial charge in [-0.25, -0.2) is 13.2 Å². The van der Waals surface area contributed by atoms with Gasteiger partial charge in [-0.05, 0) is 29.7 Å². The van der Waals surface area contributed by atoms with Gasteiger partial charge >= 0.3 is 0 Å². The highest BCUT2D eigenvalue weighted by Crippen LogP contribution is 2.27. The van der Waals surface area contributed by atoms with Gasteiger partial charge in [-0.3, -0.25) is 9.59 Å². The van der Waals surface area contributed by atoms with Gasteiger partial charge in [0.25, 0.3) is 5.91 Å². The monoisotopic (exact) mass is 378 g/mol. The highest BCUT2D eigenvalue weighted by molar-refractivity contribution is 5.95. The zero-order chi connectivity index (χ0) is 20.1. The van der Waals surface area contributed by atoms with E-state index in [2.05, 4.69) is 5.32 Å². The number of hydrogen-bond acceptors (Lipinski definition) is 2. The fraction of sp³-hybridized carbons (Fsp3) is 0.300. The molecular weight excluding hydrogens is 357 g/mol. The van der Waals surface area contributed by atoms with E-state index in [1.807, 2.05) is 38.1 Å². The second-order valence-corrected chi connectivity index (χ2v) is 6.36. The van der Waals surface area contributed by atoms with Crippen molar-refractivity contribution in [3.05, 3.63) is 65.0 Å². The van der Waals surface area contributed by atoms with E-state index < -0.39 is 28.9 Å². The summed E-state index contributed by atoms with van der Waals surface area (Å²) in [5.41, 5.74) is 1.12. The first-order chi connectivity index (χ1) is 12.7. The van der Waals surface area contributed by atoms with Gasteiger partial charge in [0.05, 0.1) is 5.56 Å². The Morgan fingerprint density at radius 2 is 1.70 bits per heavy atom. The summed E-state index contributed by atoms with van der Waals surface area (Å²) in [6.07, 6.45) is 0. The quantitative estimate of drug-likeness (QED) is 0.772. The molecule has 0 saturated carbocycles. The van der Waals surface area contributed by atoms with Gasteiger partial charge < -0.3 is 10.2 Å². The van der Waals surface area contributed by atoms with E-state index in [0.717, 1.165) is 17.3 Å². The molecule has 2 aromatic carbocycles. The lowest BCUT2D eigenvalue weighted by Gasteiger charge is -2.25. The molecule has 1 N–H and O–H groups in total. The Balaban J connectivity index is 2.11. The minimum absolute atomic E-state index is 0.0171. The van der Waals surface area contributed by atoms with Gasteiger partial charge in [0.2, 0.25) is 5.91 Å². The molecule has 0 bridgehead atoms. The number of anilines is 1. The van der Waals surface area contributed by atoms with Crippen LogP contribution in [-0.2, 0) is 4.79 Å². The summed E-state index contributed by atoms with van der Waals surface area (Å²) < 4.78 is 39.9. The third-order valence-electron chi connectivity index (χ3n) is 4.13. The molecule has 0 atom stereocenters. The molecule has 0 heterocycles. The maximum Gasteiger partial charge on any atom is 0.254 e. The van der Waals surface area contributed by atoms with Gasteiger partial charge in [0.1, 0.15) is 0 Å². The van der Waals surface area contributed by atoms with Crippen molar-refractivity contribution in [1.82, 2.24) is 5.32 Å². The molecule has 0 radical (unpaired) electrons. The molecule has 0 unspecified atom stereocenters. The number of hydrogen-bond donors (Lipinski definition) is 1. The summed E-state index contributed by atoms with van der Waals surface area (Å²) in [7, 11) is 0. The Hall–Kier alpha value is -2.83. The number of carbonyl (C=O) groups excluding carboxylic acids is 2. The van der Waals surface area contributed by atoms with Crippen molar-refractivity contribution in [2.75, 3.05) is 18.0 Å². The van der Waals surface area contributed by atoms with Gasteiger partial charge in [-0.1, -0.05) is 32.0 Å². The maximum atomic E-state index is 13.7. The molecule has 2 rings (SSSR count). The van der Waals surface area contributed by atoms with Crippen LogP contribution < -0.4 is 10.2 Å². The molecule has 0 aromatic heterocycles. The highest BCUT2D eigenvalue weighted by Gasteiger charge is 2.20. The molecule has 0 spiro atoms. The maximum absolute atomic E-state index is 13.7. The standard InChI is InChI=1S/C20H21F3N2O2/c1-12(2)14-6-4-5-7-17(14)25(13(3)26)11-10-24-20(27)15-8-9-16(21)19(23)18(15)22/h4-9,12H,10-11H2,1-3H3,(H,24,27). The van der Waals surface area contributed by atoms with Crippen LogP contribution in [0.25, 0.3) is 0 Å². The van der Waals surface area contributed by atoms with Crippen LogP contribution in [0, 0.1) is 17.5 Å². The van der Waals surface area contributed by atoms with Crippen LogP contribution in [0.15, 0.2) is 36.4 Å². The lowest BCUT2D eigenvalue weighted by atomic mass is 10.0. The predicted octanol–water partition coefficient (Wildman–Crippen LogP) is 4.01. The molecule has 144 valence electrons. The number of rotatable bonds is 6. The number of nitrogens with one attached hydrogen (secondary N) is 1. The van der Waals surface area contributed by atoms with Crippen LogP contribution in [0.3, 0.4) is 0 Å². The van der Waals surface area contributed by atoms with E-state index in [1.165, 1.54) is 11.8 Å². The Morgan fingerprint density at radius 3 is 2.33 bits per heavy atom. The number of para-hydroxylation sites is 1. The molecule has 0 fully saturated rings. The zero-order valence-corrected chi connectivity index (χ0v) is 15.4. The van der Waals surface area contributed by atoms with Crippen LogP contribution in [0.2, 0.25) is 0 Å². The molecule has 0 aliphatic rings. The van der Waals surface area contributed by atoms with Crippen LogP contribution in [0.5, 0.6) is 0 Å². The van der Waals surface area contributed by atoms with E-state index in [4.69, 9.17) is 0 Å². The summed E-state index contributed by atoms with van der Waals surface area (Å²) in [6.45, 7) is 5.59. The Morgan fingerprint density at radius 1 is 1.04 bits per heavy atom. The summed E-state index contributed by atoms with van der Waals surface area (Å²) in [6, 6.07) is 8.99. The Kier molecular flexibility index (Phi) is 6.60. The fourth-order valence-corrected chi connectivity index (χ4v) is 2.75. The van der Waals surface area contributed by atoms with Crippen LogP contribution >= 0.6 is 0 Å². The minimum Gasteiger partial charge on any atom is -0.350 e. The number of amides is 2. The molecule has 0 aliphatic carbocycles. The lowest BCUT2D eigenvalue weighted by Crippen LogP contribution is -2.38. The summed E-state index contributed by atoms with van der Waals surface area (Å²) >= 11 is 0. The summed E-state index contributed by atoms with van der Waals surface area (Å²) in [5, 5.41) is 2.43. The van der Waals surface area contributed by atoms with Gasteiger partial charge in [0.15, 0.2) is 17.5 Å². The second-order valence-electron chi connectivity index (χ2n) is 6.36. The molecule has 2 aromatic rings. The number of carbonyl (C=O) groups is 2. The summed E-state index contributed by atoms with van der Waals surface area (Å²) in [5.74, 6) is -5.51. The summed E-state index contributed by atoms with van der Waals surface area (Å²) in [4.78, 5) is 25.6. The van der Waals surface area contributed by atoms with Crippen molar-refractivity contribution in [3.63, 3.8) is 0 Å². The molecule has 7 heteroatoms. The molecule has 2 amide bonds. The largest absolute Gasteiger partial charge is 0.350 e. The van der Waals surface area contributed by atoms with Gasteiger partial charge in [-0.15, -0.1) is 0 Å². The average molecular weight is 378 g/mol. The Bertz CT molecular complexity index is 853. The topological polar surface area (TPSA) is 49.4 Å². The molecule has 0 aliphatic heterocycles. The van der Waals surface area contributed by atoms with E-state index in [0.29, 0.717) is 6.07 Å². The molecular formula is C20H21F3N2O2. The first kappa shape index (κ1) is 20.5. The lowest BCUT2D eigenvalue weighted by molar-refractivity contribution is -0.116. The van der Waals surface area contributed by atoms with E-state index in [1.54, 1.807) is 0 Å².